The zero-order chi connectivity index (χ0) is 33.6. The van der Waals surface area contributed by atoms with Crippen LogP contribution in [0.25, 0.3) is 0 Å². The number of carbonyl (C=O) groups is 3. The Hall–Kier alpha value is -1.79. The fourth-order valence-electron chi connectivity index (χ4n) is 3.32. The number of carboxylic acid groups (broad SMARTS) is 1. The molecule has 0 aromatic heterocycles. The molecule has 15 heteroatoms. The summed E-state index contributed by atoms with van der Waals surface area (Å²) in [5, 5.41) is 8.44. The van der Waals surface area contributed by atoms with E-state index in [0.717, 1.165) is 13.0 Å². The van der Waals surface area contributed by atoms with Gasteiger partial charge in [-0.2, -0.15) is 0 Å². The highest BCUT2D eigenvalue weighted by Gasteiger charge is 2.14. The molecule has 46 heavy (non-hydrogen) atoms. The van der Waals surface area contributed by atoms with Crippen LogP contribution in [-0.2, 0) is 66.5 Å². The van der Waals surface area contributed by atoms with Crippen LogP contribution in [0.5, 0.6) is 0 Å². The van der Waals surface area contributed by atoms with Gasteiger partial charge in [-0.15, -0.1) is 0 Å². The van der Waals surface area contributed by atoms with Gasteiger partial charge in [-0.3, -0.25) is 9.59 Å². The Labute approximate surface area is 273 Å². The second-order valence-corrected chi connectivity index (χ2v) is 9.63. The van der Waals surface area contributed by atoms with Gasteiger partial charge >= 0.3 is 11.9 Å². The molecule has 0 amide bonds. The Kier molecular flexibility index (Phi) is 36.2. The molecule has 0 saturated carbocycles. The zero-order valence-electron chi connectivity index (χ0n) is 27.8. The van der Waals surface area contributed by atoms with Gasteiger partial charge in [0.05, 0.1) is 132 Å². The van der Waals surface area contributed by atoms with Gasteiger partial charge in [0.25, 0.3) is 0 Å². The molecule has 0 aliphatic carbocycles. The molecular formula is C31H58O15. The van der Waals surface area contributed by atoms with Crippen LogP contribution >= 0.6 is 0 Å². The lowest BCUT2D eigenvalue weighted by Gasteiger charge is -2.09. The normalized spacial score (nSPS) is 11.2. The van der Waals surface area contributed by atoms with Gasteiger partial charge in [0, 0.05) is 13.0 Å². The number of ether oxygens (including phenoxy) is 11. The molecule has 272 valence electrons. The smallest absolute Gasteiger partial charge is 0.372 e. The number of unbranched alkanes of at least 4 members (excludes halogenated alkanes) is 3. The van der Waals surface area contributed by atoms with Gasteiger partial charge in [-0.05, 0) is 6.42 Å². The summed E-state index contributed by atoms with van der Waals surface area (Å²) in [5.41, 5.74) is 0. The van der Waals surface area contributed by atoms with Crippen molar-refractivity contribution in [1.29, 1.82) is 0 Å². The first kappa shape index (κ1) is 44.2. The summed E-state index contributed by atoms with van der Waals surface area (Å²) >= 11 is 0. The maximum Gasteiger partial charge on any atom is 0.372 e. The average Bonchev–Trinajstić information content (AvgIpc) is 3.05. The lowest BCUT2D eigenvalue weighted by molar-refractivity contribution is -0.151. The van der Waals surface area contributed by atoms with E-state index >= 15 is 0 Å². The number of ketones is 1. The van der Waals surface area contributed by atoms with Crippen LogP contribution in [0.3, 0.4) is 0 Å². The van der Waals surface area contributed by atoms with E-state index in [4.69, 9.17) is 57.2 Å². The SMILES string of the molecule is CCCCCCOCCOCCOCCOCCOCCOCCOCCOCCOCCOCCOC(=O)CCC(=O)C(=O)O. The van der Waals surface area contributed by atoms with Gasteiger partial charge in [0.15, 0.2) is 0 Å². The number of aliphatic carboxylic acids is 1. The number of carbonyl (C=O) groups excluding carboxylic acids is 2. The third kappa shape index (κ3) is 36.7. The lowest BCUT2D eigenvalue weighted by Crippen LogP contribution is -2.17. The van der Waals surface area contributed by atoms with Crippen molar-refractivity contribution >= 4 is 17.7 Å². The molecular weight excluding hydrogens is 612 g/mol. The highest BCUT2D eigenvalue weighted by Crippen LogP contribution is 1.99. The average molecular weight is 671 g/mol. The minimum Gasteiger partial charge on any atom is -0.476 e. The van der Waals surface area contributed by atoms with Crippen molar-refractivity contribution in [3.8, 4) is 0 Å². The topological polar surface area (TPSA) is 173 Å². The fourth-order valence-corrected chi connectivity index (χ4v) is 3.32. The predicted molar refractivity (Wildman–Crippen MR) is 165 cm³/mol. The number of carboxylic acids is 1. The van der Waals surface area contributed by atoms with Crippen molar-refractivity contribution < 1.29 is 71.6 Å². The molecule has 0 bridgehead atoms. The molecule has 0 aromatic carbocycles. The summed E-state index contributed by atoms with van der Waals surface area (Å²) in [4.78, 5) is 32.6. The predicted octanol–water partition coefficient (Wildman–Crippen LogP) is 1.71. The van der Waals surface area contributed by atoms with Crippen LogP contribution in [0.15, 0.2) is 0 Å². The van der Waals surface area contributed by atoms with E-state index in [9.17, 15) is 14.4 Å². The first-order valence-corrected chi connectivity index (χ1v) is 16.3. The Morgan fingerprint density at radius 1 is 0.391 bits per heavy atom. The molecule has 0 aliphatic heterocycles. The summed E-state index contributed by atoms with van der Waals surface area (Å²) in [7, 11) is 0. The highest BCUT2D eigenvalue weighted by atomic mass is 16.6. The van der Waals surface area contributed by atoms with Crippen LogP contribution in [0.2, 0.25) is 0 Å². The van der Waals surface area contributed by atoms with Gasteiger partial charge in [0.2, 0.25) is 5.78 Å². The van der Waals surface area contributed by atoms with Crippen LogP contribution in [0.4, 0.5) is 0 Å². The monoisotopic (exact) mass is 670 g/mol. The third-order valence-electron chi connectivity index (χ3n) is 5.78. The minimum absolute atomic E-state index is 0.0164. The van der Waals surface area contributed by atoms with Crippen molar-refractivity contribution in [2.75, 3.05) is 139 Å². The Morgan fingerprint density at radius 3 is 1.00 bits per heavy atom. The summed E-state index contributed by atoms with van der Waals surface area (Å²) < 4.78 is 59.1. The van der Waals surface area contributed by atoms with E-state index in [1.807, 2.05) is 0 Å². The molecule has 1 N–H and O–H groups in total. The Balaban J connectivity index is 3.11. The second-order valence-electron chi connectivity index (χ2n) is 9.63. The van der Waals surface area contributed by atoms with E-state index in [1.54, 1.807) is 0 Å². The molecule has 15 nitrogen and oxygen atoms in total. The number of hydrogen-bond donors (Lipinski definition) is 1. The molecule has 0 rings (SSSR count). The van der Waals surface area contributed by atoms with Gasteiger partial charge in [-0.1, -0.05) is 26.2 Å². The Morgan fingerprint density at radius 2 is 0.696 bits per heavy atom. The molecule has 0 radical (unpaired) electrons. The van der Waals surface area contributed by atoms with Crippen LogP contribution in [0, 0.1) is 0 Å². The van der Waals surface area contributed by atoms with Gasteiger partial charge < -0.3 is 57.2 Å². The largest absolute Gasteiger partial charge is 0.476 e. The molecule has 0 atom stereocenters. The van der Waals surface area contributed by atoms with Crippen molar-refractivity contribution in [2.24, 2.45) is 0 Å². The third-order valence-corrected chi connectivity index (χ3v) is 5.78. The van der Waals surface area contributed by atoms with E-state index < -0.39 is 17.7 Å². The van der Waals surface area contributed by atoms with Crippen molar-refractivity contribution in [3.63, 3.8) is 0 Å². The standard InChI is InChI=1S/C31H58O15/c1-2-3-4-5-8-36-9-10-37-11-12-38-13-14-39-15-16-40-17-18-41-19-20-42-21-22-43-23-24-44-25-26-45-27-28-46-30(33)7-6-29(32)31(34)35/h2-28H2,1H3,(H,34,35). The van der Waals surface area contributed by atoms with Crippen molar-refractivity contribution in [3.05, 3.63) is 0 Å². The van der Waals surface area contributed by atoms with Gasteiger partial charge in [-0.25, -0.2) is 4.79 Å². The number of esters is 1. The van der Waals surface area contributed by atoms with Crippen LogP contribution in [-0.4, -0.2) is 162 Å². The second kappa shape index (κ2) is 37.7. The first-order chi connectivity index (χ1) is 22.6. The summed E-state index contributed by atoms with van der Waals surface area (Å²) in [6.07, 6.45) is 4.20. The lowest BCUT2D eigenvalue weighted by atomic mass is 10.2. The molecule has 0 fully saturated rings. The van der Waals surface area contributed by atoms with Crippen LogP contribution in [0.1, 0.15) is 45.4 Å². The first-order valence-electron chi connectivity index (χ1n) is 16.3. The maximum atomic E-state index is 11.4. The minimum atomic E-state index is -1.56. The van der Waals surface area contributed by atoms with Gasteiger partial charge in [0.1, 0.15) is 6.61 Å². The molecule has 0 aromatic rings. The summed E-state index contributed by atoms with van der Waals surface area (Å²) in [6, 6.07) is 0. The van der Waals surface area contributed by atoms with E-state index in [0.29, 0.717) is 119 Å². The molecule has 0 heterocycles. The van der Waals surface area contributed by atoms with E-state index in [-0.39, 0.29) is 26.1 Å². The van der Waals surface area contributed by atoms with Crippen LogP contribution < -0.4 is 0 Å². The quantitative estimate of drug-likeness (QED) is 0.0568. The van der Waals surface area contributed by atoms with Crippen molar-refractivity contribution in [1.82, 2.24) is 0 Å². The maximum absolute atomic E-state index is 11.4. The summed E-state index contributed by atoms with van der Waals surface area (Å²) in [5.74, 6) is -3.23. The molecule has 0 aliphatic rings. The Bertz CT molecular complexity index is 680. The van der Waals surface area contributed by atoms with Crippen molar-refractivity contribution in [2.45, 2.75) is 45.4 Å². The molecule has 0 spiro atoms. The molecule has 0 saturated heterocycles. The number of hydrogen-bond acceptors (Lipinski definition) is 14. The highest BCUT2D eigenvalue weighted by molar-refractivity contribution is 6.32. The van der Waals surface area contributed by atoms with E-state index in [2.05, 4.69) is 6.92 Å². The molecule has 0 unspecified atom stereocenters. The number of rotatable bonds is 39. The van der Waals surface area contributed by atoms with E-state index in [1.165, 1.54) is 19.3 Å². The zero-order valence-corrected chi connectivity index (χ0v) is 27.8. The fraction of sp³-hybridized carbons (Fsp3) is 0.903. The number of Topliss-reactive ketones (excluding diaryl/α,β-unsaturated/α-hetero) is 1. The summed E-state index contributed by atoms with van der Waals surface area (Å²) in [6.45, 7) is 11.9.